The molecule has 1 atom stereocenters. The van der Waals surface area contributed by atoms with Gasteiger partial charge in [-0.25, -0.2) is 4.98 Å². The highest BCUT2D eigenvalue weighted by molar-refractivity contribution is 7.18. The molecule has 1 aliphatic rings. The number of rotatable bonds is 5. The van der Waals surface area contributed by atoms with Gasteiger partial charge in [-0.3, -0.25) is 14.5 Å². The van der Waals surface area contributed by atoms with Crippen LogP contribution in [0.4, 0.5) is 5.69 Å². The maximum Gasteiger partial charge on any atom is 0.238 e. The molecule has 0 aliphatic carbocycles. The second-order valence-electron chi connectivity index (χ2n) is 7.18. The lowest BCUT2D eigenvalue weighted by atomic mass is 10.0. The van der Waals surface area contributed by atoms with Crippen LogP contribution in [0, 0.1) is 0 Å². The van der Waals surface area contributed by atoms with E-state index in [4.69, 9.17) is 4.98 Å². The van der Waals surface area contributed by atoms with Crippen molar-refractivity contribution in [2.75, 3.05) is 18.4 Å². The van der Waals surface area contributed by atoms with Gasteiger partial charge in [-0.1, -0.05) is 18.6 Å². The van der Waals surface area contributed by atoms with Gasteiger partial charge in [0, 0.05) is 11.3 Å². The number of carbonyl (C=O) groups excluding carboxylic acids is 2. The van der Waals surface area contributed by atoms with Crippen LogP contribution in [0.2, 0.25) is 0 Å². The Labute approximate surface area is 168 Å². The summed E-state index contributed by atoms with van der Waals surface area (Å²) >= 11 is 1.73. The number of para-hydroxylation sites is 1. The number of ketones is 1. The van der Waals surface area contributed by atoms with Gasteiger partial charge in [0.2, 0.25) is 5.91 Å². The lowest BCUT2D eigenvalue weighted by Gasteiger charge is -2.33. The summed E-state index contributed by atoms with van der Waals surface area (Å²) in [6.45, 7) is 2.78. The molecule has 0 radical (unpaired) electrons. The molecule has 6 heteroatoms. The minimum atomic E-state index is -0.0383. The van der Waals surface area contributed by atoms with Gasteiger partial charge in [0.1, 0.15) is 5.01 Å². The van der Waals surface area contributed by atoms with E-state index in [0.29, 0.717) is 17.8 Å². The molecular weight excluding hydrogens is 370 g/mol. The van der Waals surface area contributed by atoms with Crippen molar-refractivity contribution in [3.05, 3.63) is 59.1 Å². The fraction of sp³-hybridized carbons (Fsp3) is 0.318. The molecule has 28 heavy (non-hydrogen) atoms. The lowest BCUT2D eigenvalue weighted by molar-refractivity contribution is -0.118. The monoisotopic (exact) mass is 393 g/mol. The smallest absolute Gasteiger partial charge is 0.238 e. The SMILES string of the molecule is CC(=O)c1ccc(NC(=O)CN2CCCC[C@@H]2c2nc3ccccc3s2)cc1. The number of fused-ring (bicyclic) bond motifs is 1. The molecular formula is C22H23N3O2S. The number of Topliss-reactive ketones (excluding diaryl/α,β-unsaturated/α-hetero) is 1. The van der Waals surface area contributed by atoms with Gasteiger partial charge in [0.05, 0.1) is 22.8 Å². The van der Waals surface area contributed by atoms with Crippen molar-refractivity contribution >= 4 is 38.9 Å². The number of hydrogen-bond acceptors (Lipinski definition) is 5. The van der Waals surface area contributed by atoms with Crippen LogP contribution in [0.3, 0.4) is 0 Å². The number of amides is 1. The van der Waals surface area contributed by atoms with E-state index in [1.54, 1.807) is 35.6 Å². The van der Waals surface area contributed by atoms with Crippen molar-refractivity contribution in [2.24, 2.45) is 0 Å². The number of carbonyl (C=O) groups is 2. The molecule has 2 aromatic carbocycles. The summed E-state index contributed by atoms with van der Waals surface area (Å²) in [5.74, 6) is -0.0199. The Balaban J connectivity index is 1.45. The maximum atomic E-state index is 12.6. The van der Waals surface area contributed by atoms with Crippen LogP contribution >= 0.6 is 11.3 Å². The number of nitrogens with zero attached hydrogens (tertiary/aromatic N) is 2. The van der Waals surface area contributed by atoms with Crippen molar-refractivity contribution in [3.63, 3.8) is 0 Å². The van der Waals surface area contributed by atoms with Crippen molar-refractivity contribution in [1.82, 2.24) is 9.88 Å². The highest BCUT2D eigenvalue weighted by Crippen LogP contribution is 2.35. The molecule has 4 rings (SSSR count). The molecule has 5 nitrogen and oxygen atoms in total. The van der Waals surface area contributed by atoms with Crippen molar-refractivity contribution < 1.29 is 9.59 Å². The topological polar surface area (TPSA) is 62.3 Å². The van der Waals surface area contributed by atoms with E-state index in [1.165, 1.54) is 11.6 Å². The van der Waals surface area contributed by atoms with Crippen LogP contribution in [-0.4, -0.2) is 34.7 Å². The molecule has 2 heterocycles. The number of thiazole rings is 1. The highest BCUT2D eigenvalue weighted by Gasteiger charge is 2.28. The number of likely N-dealkylation sites (tertiary alicyclic amines) is 1. The van der Waals surface area contributed by atoms with Crippen LogP contribution in [0.1, 0.15) is 47.6 Å². The maximum absolute atomic E-state index is 12.6. The van der Waals surface area contributed by atoms with Gasteiger partial charge < -0.3 is 5.32 Å². The first-order chi connectivity index (χ1) is 13.6. The molecule has 144 valence electrons. The molecule has 1 fully saturated rings. The Bertz CT molecular complexity index is 963. The molecule has 1 saturated heterocycles. The summed E-state index contributed by atoms with van der Waals surface area (Å²) in [5, 5.41) is 4.04. The number of benzene rings is 2. The summed E-state index contributed by atoms with van der Waals surface area (Å²) in [4.78, 5) is 31.0. The van der Waals surface area contributed by atoms with E-state index in [9.17, 15) is 9.59 Å². The number of piperidine rings is 1. The highest BCUT2D eigenvalue weighted by atomic mass is 32.1. The van der Waals surface area contributed by atoms with E-state index in [1.807, 2.05) is 18.2 Å². The van der Waals surface area contributed by atoms with Gasteiger partial charge in [-0.05, 0) is 62.7 Å². The van der Waals surface area contributed by atoms with E-state index < -0.39 is 0 Å². The van der Waals surface area contributed by atoms with Crippen LogP contribution in [0.5, 0.6) is 0 Å². The number of nitrogens with one attached hydrogen (secondary N) is 1. The first-order valence-corrected chi connectivity index (χ1v) is 10.4. The fourth-order valence-corrected chi connectivity index (χ4v) is 4.80. The Morgan fingerprint density at radius 3 is 2.68 bits per heavy atom. The van der Waals surface area contributed by atoms with E-state index in [2.05, 4.69) is 16.3 Å². The lowest BCUT2D eigenvalue weighted by Crippen LogP contribution is -2.39. The van der Waals surface area contributed by atoms with Crippen molar-refractivity contribution in [2.45, 2.75) is 32.2 Å². The zero-order valence-electron chi connectivity index (χ0n) is 15.9. The van der Waals surface area contributed by atoms with E-state index >= 15 is 0 Å². The Morgan fingerprint density at radius 1 is 1.14 bits per heavy atom. The number of anilines is 1. The molecule has 0 spiro atoms. The minimum absolute atomic E-state index is 0.0184. The second-order valence-corrected chi connectivity index (χ2v) is 8.25. The predicted molar refractivity (Wildman–Crippen MR) is 113 cm³/mol. The standard InChI is InChI=1S/C22H23N3O2S/c1-15(26)16-9-11-17(12-10-16)23-21(27)14-25-13-5-4-7-19(25)22-24-18-6-2-3-8-20(18)28-22/h2-3,6,8-12,19H,4-5,7,13-14H2,1H3,(H,23,27)/t19-/m1/s1. The van der Waals surface area contributed by atoms with Gasteiger partial charge in [-0.15, -0.1) is 11.3 Å². The number of aromatic nitrogens is 1. The second kappa shape index (κ2) is 8.20. The quantitative estimate of drug-likeness (QED) is 0.640. The Morgan fingerprint density at radius 2 is 1.93 bits per heavy atom. The molecule has 1 aliphatic heterocycles. The van der Waals surface area contributed by atoms with Gasteiger partial charge >= 0.3 is 0 Å². The molecule has 1 aromatic heterocycles. The van der Waals surface area contributed by atoms with Gasteiger partial charge in [0.25, 0.3) is 0 Å². The molecule has 1 N–H and O–H groups in total. The number of hydrogen-bond donors (Lipinski definition) is 1. The molecule has 1 amide bonds. The van der Waals surface area contributed by atoms with Crippen LogP contribution in [0.25, 0.3) is 10.2 Å². The van der Waals surface area contributed by atoms with Crippen LogP contribution in [0.15, 0.2) is 48.5 Å². The Kier molecular flexibility index (Phi) is 5.50. The third-order valence-corrected chi connectivity index (χ3v) is 6.27. The normalized spacial score (nSPS) is 17.5. The third-order valence-electron chi connectivity index (χ3n) is 5.13. The van der Waals surface area contributed by atoms with Crippen LogP contribution in [-0.2, 0) is 4.79 Å². The third kappa shape index (κ3) is 4.13. The zero-order valence-corrected chi connectivity index (χ0v) is 16.7. The average molecular weight is 394 g/mol. The molecule has 3 aromatic rings. The van der Waals surface area contributed by atoms with Crippen LogP contribution < -0.4 is 5.32 Å². The molecule has 0 saturated carbocycles. The van der Waals surface area contributed by atoms with Crippen molar-refractivity contribution in [3.8, 4) is 0 Å². The van der Waals surface area contributed by atoms with Crippen molar-refractivity contribution in [1.29, 1.82) is 0 Å². The van der Waals surface area contributed by atoms with E-state index in [0.717, 1.165) is 36.3 Å². The largest absolute Gasteiger partial charge is 0.325 e. The fourth-order valence-electron chi connectivity index (χ4n) is 3.67. The van der Waals surface area contributed by atoms with Gasteiger partial charge in [0.15, 0.2) is 5.78 Å². The van der Waals surface area contributed by atoms with E-state index in [-0.39, 0.29) is 17.7 Å². The summed E-state index contributed by atoms with van der Waals surface area (Å²) in [6.07, 6.45) is 3.29. The predicted octanol–water partition coefficient (Wildman–Crippen LogP) is 4.66. The summed E-state index contributed by atoms with van der Waals surface area (Å²) in [7, 11) is 0. The first kappa shape index (κ1) is 18.8. The molecule has 0 bridgehead atoms. The summed E-state index contributed by atoms with van der Waals surface area (Å²) in [6, 6.07) is 15.4. The summed E-state index contributed by atoms with van der Waals surface area (Å²) in [5.41, 5.74) is 2.39. The first-order valence-electron chi connectivity index (χ1n) is 9.60. The van der Waals surface area contributed by atoms with Gasteiger partial charge in [-0.2, -0.15) is 0 Å². The molecule has 0 unspecified atom stereocenters. The summed E-state index contributed by atoms with van der Waals surface area (Å²) < 4.78 is 1.19. The zero-order chi connectivity index (χ0) is 19.5. The average Bonchev–Trinajstić information content (AvgIpc) is 3.12. The Hall–Kier alpha value is -2.57. The minimum Gasteiger partial charge on any atom is -0.325 e.